The van der Waals surface area contributed by atoms with Gasteiger partial charge in [0, 0.05) is 0 Å². The van der Waals surface area contributed by atoms with E-state index in [0.717, 1.165) is 12.0 Å². The van der Waals surface area contributed by atoms with Gasteiger partial charge in [0.05, 0.1) is 11.5 Å². The van der Waals surface area contributed by atoms with Crippen molar-refractivity contribution in [2.24, 2.45) is 5.92 Å². The zero-order chi connectivity index (χ0) is 14.4. The van der Waals surface area contributed by atoms with Crippen molar-refractivity contribution in [3.63, 3.8) is 0 Å². The van der Waals surface area contributed by atoms with Crippen LogP contribution in [0.5, 0.6) is 0 Å². The van der Waals surface area contributed by atoms with E-state index in [0.29, 0.717) is 12.5 Å². The molecule has 0 unspecified atom stereocenters. The molecule has 20 heavy (non-hydrogen) atoms. The summed E-state index contributed by atoms with van der Waals surface area (Å²) in [6, 6.07) is 6.80. The Labute approximate surface area is 122 Å². The minimum Gasteiger partial charge on any atom is -0.266 e. The molecule has 0 amide bonds. The minimum absolute atomic E-state index is 0.254. The third-order valence-electron chi connectivity index (χ3n) is 4.05. The molecule has 0 aromatic heterocycles. The van der Waals surface area contributed by atoms with Crippen molar-refractivity contribution in [1.29, 1.82) is 0 Å². The summed E-state index contributed by atoms with van der Waals surface area (Å²) in [6.07, 6.45) is 8.47. The van der Waals surface area contributed by atoms with Gasteiger partial charge in [-0.1, -0.05) is 56.2 Å². The molecule has 1 aliphatic carbocycles. The zero-order valence-electron chi connectivity index (χ0n) is 12.2. The monoisotopic (exact) mass is 296 g/mol. The molecule has 1 fully saturated rings. The summed E-state index contributed by atoms with van der Waals surface area (Å²) in [7, 11) is -3.59. The first-order valence-electron chi connectivity index (χ1n) is 7.54. The van der Waals surface area contributed by atoms with Crippen molar-refractivity contribution in [2.45, 2.75) is 56.8 Å². The number of benzene rings is 1. The predicted octanol–water partition coefficient (Wildman–Crippen LogP) is 4.06. The molecule has 112 valence electrons. The fraction of sp³-hybridized carbons (Fsp3) is 0.625. The number of hydrogen-bond donors (Lipinski definition) is 0. The maximum atomic E-state index is 12.0. The molecule has 0 saturated heterocycles. The Morgan fingerprint density at radius 2 is 1.65 bits per heavy atom. The average molecular weight is 296 g/mol. The summed E-state index contributed by atoms with van der Waals surface area (Å²) in [5, 5.41) is 0. The van der Waals surface area contributed by atoms with Crippen LogP contribution in [0.25, 0.3) is 0 Å². The van der Waals surface area contributed by atoms with Crippen molar-refractivity contribution in [1.82, 2.24) is 0 Å². The van der Waals surface area contributed by atoms with Gasteiger partial charge in [-0.05, 0) is 31.4 Å². The zero-order valence-corrected chi connectivity index (χ0v) is 13.0. The molecule has 0 atom stereocenters. The van der Waals surface area contributed by atoms with E-state index < -0.39 is 10.1 Å². The van der Waals surface area contributed by atoms with Crippen molar-refractivity contribution < 1.29 is 12.6 Å². The van der Waals surface area contributed by atoms with Gasteiger partial charge in [0.15, 0.2) is 0 Å². The second-order valence-electron chi connectivity index (χ2n) is 5.74. The van der Waals surface area contributed by atoms with Crippen molar-refractivity contribution >= 4 is 10.1 Å². The molecule has 1 saturated carbocycles. The maximum absolute atomic E-state index is 12.0. The van der Waals surface area contributed by atoms with Gasteiger partial charge in [0.25, 0.3) is 10.1 Å². The van der Waals surface area contributed by atoms with Crippen LogP contribution in [0.1, 0.15) is 50.5 Å². The molecule has 0 aliphatic heterocycles. The first-order valence-corrected chi connectivity index (χ1v) is 8.95. The quantitative estimate of drug-likeness (QED) is 0.608. The third kappa shape index (κ3) is 4.60. The lowest BCUT2D eigenvalue weighted by atomic mass is 9.97. The normalized spacial score (nSPS) is 17.9. The molecular weight excluding hydrogens is 272 g/mol. The lowest BCUT2D eigenvalue weighted by molar-refractivity contribution is 0.271. The van der Waals surface area contributed by atoms with Crippen LogP contribution in [0.3, 0.4) is 0 Å². The second kappa shape index (κ2) is 7.23. The highest BCUT2D eigenvalue weighted by atomic mass is 32.2. The van der Waals surface area contributed by atoms with Gasteiger partial charge >= 0.3 is 0 Å². The third-order valence-corrected chi connectivity index (χ3v) is 5.38. The lowest BCUT2D eigenvalue weighted by Gasteiger charge is -2.13. The Bertz CT molecular complexity index is 497. The van der Waals surface area contributed by atoms with E-state index >= 15 is 0 Å². The smallest absolute Gasteiger partial charge is 0.266 e. The number of hydrogen-bond acceptors (Lipinski definition) is 3. The summed E-state index contributed by atoms with van der Waals surface area (Å²) >= 11 is 0. The van der Waals surface area contributed by atoms with E-state index in [4.69, 9.17) is 4.18 Å². The summed E-state index contributed by atoms with van der Waals surface area (Å²) < 4.78 is 29.2. The van der Waals surface area contributed by atoms with Crippen LogP contribution < -0.4 is 0 Å². The highest BCUT2D eigenvalue weighted by molar-refractivity contribution is 7.86. The van der Waals surface area contributed by atoms with Crippen LogP contribution in [-0.4, -0.2) is 15.0 Å². The first-order chi connectivity index (χ1) is 9.58. The molecule has 0 bridgehead atoms. The molecule has 0 N–H and O–H groups in total. The molecular formula is C16H24O3S. The number of rotatable bonds is 5. The van der Waals surface area contributed by atoms with Crippen LogP contribution >= 0.6 is 0 Å². The van der Waals surface area contributed by atoms with Gasteiger partial charge in [0.2, 0.25) is 0 Å². The molecule has 0 spiro atoms. The molecule has 1 aromatic rings. The fourth-order valence-electron chi connectivity index (χ4n) is 2.75. The van der Waals surface area contributed by atoms with E-state index in [1.807, 2.05) is 6.92 Å². The molecule has 2 rings (SSSR count). The average Bonchev–Trinajstić information content (AvgIpc) is 2.68. The van der Waals surface area contributed by atoms with E-state index in [-0.39, 0.29) is 4.90 Å². The molecule has 1 aromatic carbocycles. The van der Waals surface area contributed by atoms with Crippen LogP contribution in [-0.2, 0) is 14.3 Å². The maximum Gasteiger partial charge on any atom is 0.296 e. The predicted molar refractivity (Wildman–Crippen MR) is 80.1 cm³/mol. The summed E-state index contributed by atoms with van der Waals surface area (Å²) in [6.45, 7) is 2.24. The highest BCUT2D eigenvalue weighted by Crippen LogP contribution is 2.25. The van der Waals surface area contributed by atoms with Crippen LogP contribution in [0, 0.1) is 12.8 Å². The topological polar surface area (TPSA) is 43.4 Å². The first kappa shape index (κ1) is 15.5. The van der Waals surface area contributed by atoms with Crippen molar-refractivity contribution in [2.75, 3.05) is 6.61 Å². The Kier molecular flexibility index (Phi) is 5.61. The SMILES string of the molecule is Cc1ccc(S(=O)(=O)OCCC2CCCCCC2)cc1. The Hall–Kier alpha value is -0.870. The van der Waals surface area contributed by atoms with Crippen molar-refractivity contribution in [3.05, 3.63) is 29.8 Å². The highest BCUT2D eigenvalue weighted by Gasteiger charge is 2.17. The van der Waals surface area contributed by atoms with E-state index in [2.05, 4.69) is 0 Å². The molecule has 4 heteroatoms. The number of aryl methyl sites for hydroxylation is 1. The minimum atomic E-state index is -3.59. The molecule has 0 heterocycles. The van der Waals surface area contributed by atoms with Gasteiger partial charge in [-0.2, -0.15) is 8.42 Å². The van der Waals surface area contributed by atoms with Crippen LogP contribution in [0.15, 0.2) is 29.2 Å². The Morgan fingerprint density at radius 1 is 1.05 bits per heavy atom. The van der Waals surface area contributed by atoms with Crippen LogP contribution in [0.2, 0.25) is 0 Å². The van der Waals surface area contributed by atoms with E-state index in [1.54, 1.807) is 24.3 Å². The lowest BCUT2D eigenvalue weighted by Crippen LogP contribution is -2.11. The van der Waals surface area contributed by atoms with Gasteiger partial charge in [-0.15, -0.1) is 0 Å². The Balaban J connectivity index is 1.84. The summed E-state index contributed by atoms with van der Waals surface area (Å²) in [4.78, 5) is 0.254. The summed E-state index contributed by atoms with van der Waals surface area (Å²) in [5.74, 6) is 0.630. The fourth-order valence-corrected chi connectivity index (χ4v) is 3.67. The van der Waals surface area contributed by atoms with Gasteiger partial charge in [-0.3, -0.25) is 4.18 Å². The summed E-state index contributed by atoms with van der Waals surface area (Å²) in [5.41, 5.74) is 1.04. The second-order valence-corrected chi connectivity index (χ2v) is 7.35. The van der Waals surface area contributed by atoms with Crippen LogP contribution in [0.4, 0.5) is 0 Å². The van der Waals surface area contributed by atoms with Gasteiger partial charge in [0.1, 0.15) is 0 Å². The van der Waals surface area contributed by atoms with E-state index in [9.17, 15) is 8.42 Å². The molecule has 0 radical (unpaired) electrons. The standard InChI is InChI=1S/C16H24O3S/c1-14-8-10-16(11-9-14)20(17,18)19-13-12-15-6-4-2-3-5-7-15/h8-11,15H,2-7,12-13H2,1H3. The van der Waals surface area contributed by atoms with E-state index in [1.165, 1.54) is 38.5 Å². The Morgan fingerprint density at radius 3 is 2.25 bits per heavy atom. The van der Waals surface area contributed by atoms with Crippen molar-refractivity contribution in [3.8, 4) is 0 Å². The molecule has 3 nitrogen and oxygen atoms in total. The van der Waals surface area contributed by atoms with Gasteiger partial charge in [-0.25, -0.2) is 0 Å². The largest absolute Gasteiger partial charge is 0.296 e. The van der Waals surface area contributed by atoms with Gasteiger partial charge < -0.3 is 0 Å². The molecule has 1 aliphatic rings.